The Morgan fingerprint density at radius 1 is 0.822 bits per heavy atom. The van der Waals surface area contributed by atoms with Gasteiger partial charge >= 0.3 is 0 Å². The van der Waals surface area contributed by atoms with E-state index in [2.05, 4.69) is 59.5 Å². The summed E-state index contributed by atoms with van der Waals surface area (Å²) in [7, 11) is 3.95. The van der Waals surface area contributed by atoms with Gasteiger partial charge in [0.05, 0.1) is 18.5 Å². The molecule has 0 spiro atoms. The average Bonchev–Trinajstić information content (AvgIpc) is 3.92. The Hall–Kier alpha value is -4.28. The summed E-state index contributed by atoms with van der Waals surface area (Å²) in [5, 5.41) is 6.81. The summed E-state index contributed by atoms with van der Waals surface area (Å²) in [6, 6.07) is 17.3. The Balaban J connectivity index is 1.07. The number of halogens is 1. The van der Waals surface area contributed by atoms with E-state index < -0.39 is 0 Å². The number of rotatable bonds is 9. The Labute approximate surface area is 264 Å². The van der Waals surface area contributed by atoms with Crippen molar-refractivity contribution in [2.75, 3.05) is 69.0 Å². The molecule has 45 heavy (non-hydrogen) atoms. The monoisotopic (exact) mass is 608 g/mol. The molecule has 0 bridgehead atoms. The molecule has 2 N–H and O–H groups in total. The van der Waals surface area contributed by atoms with Gasteiger partial charge in [-0.3, -0.25) is 9.88 Å². The molecule has 1 aliphatic carbocycles. The van der Waals surface area contributed by atoms with Crippen molar-refractivity contribution in [2.45, 2.75) is 37.6 Å². The first-order valence-corrected chi connectivity index (χ1v) is 16.0. The molecule has 0 atom stereocenters. The largest absolute Gasteiger partial charge is 0.494 e. The van der Waals surface area contributed by atoms with Crippen molar-refractivity contribution < 1.29 is 9.13 Å². The normalized spacial score (nSPS) is 18.2. The summed E-state index contributed by atoms with van der Waals surface area (Å²) in [4.78, 5) is 21.0. The van der Waals surface area contributed by atoms with Gasteiger partial charge in [-0.05, 0) is 74.5 Å². The molecular weight excluding hydrogens is 567 g/mol. The van der Waals surface area contributed by atoms with Crippen LogP contribution >= 0.6 is 0 Å². The molecule has 7 rings (SSSR count). The lowest BCUT2D eigenvalue weighted by Gasteiger charge is -2.43. The van der Waals surface area contributed by atoms with Crippen LogP contribution < -0.4 is 20.3 Å². The minimum atomic E-state index is -0.309. The highest BCUT2D eigenvalue weighted by Crippen LogP contribution is 2.48. The van der Waals surface area contributed by atoms with Crippen molar-refractivity contribution in [1.29, 1.82) is 0 Å². The lowest BCUT2D eigenvalue weighted by atomic mass is 9.99. The first kappa shape index (κ1) is 29.4. The molecule has 4 aromatic rings. The van der Waals surface area contributed by atoms with Crippen LogP contribution in [0.4, 0.5) is 33.1 Å². The number of anilines is 5. The van der Waals surface area contributed by atoms with E-state index in [0.717, 1.165) is 30.2 Å². The van der Waals surface area contributed by atoms with Crippen LogP contribution in [-0.4, -0.2) is 84.2 Å². The van der Waals surface area contributed by atoms with Gasteiger partial charge in [0, 0.05) is 80.6 Å². The number of piperazine rings is 1. The standard InChI is InChI=1S/C35H41FN8O/c1-42-15-17-43(18-16-42)26-10-13-44(14-11-26)32-21-33(45-2)31(20-28(32)24-7-8-24)41-35-22-34(38-23-39-35)40-25-9-12-37-30(19-25)27-5-3-4-6-29(27)36/h3-6,9,12,19-24,26H,7-8,10-11,13-18H2,1-2H3,(H2,37,38,39,40,41). The predicted octanol–water partition coefficient (Wildman–Crippen LogP) is 6.27. The Morgan fingerprint density at radius 2 is 1.58 bits per heavy atom. The van der Waals surface area contributed by atoms with Crippen LogP contribution in [0.3, 0.4) is 0 Å². The van der Waals surface area contributed by atoms with Crippen LogP contribution in [0, 0.1) is 5.82 Å². The first-order chi connectivity index (χ1) is 22.0. The van der Waals surface area contributed by atoms with E-state index >= 15 is 0 Å². The van der Waals surface area contributed by atoms with E-state index in [1.54, 1.807) is 31.5 Å². The van der Waals surface area contributed by atoms with Crippen molar-refractivity contribution in [3.8, 4) is 17.0 Å². The van der Waals surface area contributed by atoms with Gasteiger partial charge in [0.1, 0.15) is 29.5 Å². The number of nitrogens with one attached hydrogen (secondary N) is 2. The molecule has 234 valence electrons. The molecule has 1 saturated carbocycles. The van der Waals surface area contributed by atoms with Gasteiger partial charge in [-0.15, -0.1) is 0 Å². The first-order valence-electron chi connectivity index (χ1n) is 16.0. The van der Waals surface area contributed by atoms with Crippen molar-refractivity contribution in [3.05, 3.63) is 78.5 Å². The highest BCUT2D eigenvalue weighted by Gasteiger charge is 2.32. The van der Waals surface area contributed by atoms with Crippen LogP contribution in [0.15, 0.2) is 67.1 Å². The number of likely N-dealkylation sites (N-methyl/N-ethyl adjacent to an activating group) is 1. The van der Waals surface area contributed by atoms with Crippen molar-refractivity contribution >= 4 is 28.7 Å². The smallest absolute Gasteiger partial charge is 0.144 e. The molecule has 2 aliphatic heterocycles. The maximum atomic E-state index is 14.4. The van der Waals surface area contributed by atoms with Gasteiger partial charge < -0.3 is 25.2 Å². The van der Waals surface area contributed by atoms with Crippen LogP contribution in [0.25, 0.3) is 11.3 Å². The molecule has 2 aromatic heterocycles. The SMILES string of the molecule is COc1cc(N2CCC(N3CCN(C)CC3)CC2)c(C2CC2)cc1Nc1cc(Nc2ccnc(-c3ccccc3F)c2)ncn1. The van der Waals surface area contributed by atoms with Crippen LogP contribution in [-0.2, 0) is 0 Å². The summed E-state index contributed by atoms with van der Waals surface area (Å²) in [5.41, 5.74) is 5.35. The maximum absolute atomic E-state index is 14.4. The second-order valence-corrected chi connectivity index (χ2v) is 12.4. The van der Waals surface area contributed by atoms with E-state index in [-0.39, 0.29) is 5.82 Å². The summed E-state index contributed by atoms with van der Waals surface area (Å²) >= 11 is 0. The molecule has 0 unspecified atom stereocenters. The molecule has 2 aromatic carbocycles. The average molecular weight is 609 g/mol. The topological polar surface area (TPSA) is 81.7 Å². The third kappa shape index (κ3) is 6.72. The third-order valence-electron chi connectivity index (χ3n) is 9.34. The molecule has 2 saturated heterocycles. The van der Waals surface area contributed by atoms with Gasteiger partial charge in [-0.1, -0.05) is 12.1 Å². The fraction of sp³-hybridized carbons (Fsp3) is 0.400. The van der Waals surface area contributed by atoms with E-state index in [4.69, 9.17) is 4.74 Å². The zero-order chi connectivity index (χ0) is 30.8. The van der Waals surface area contributed by atoms with Gasteiger partial charge in [0.25, 0.3) is 0 Å². The molecule has 0 radical (unpaired) electrons. The molecule has 3 fully saturated rings. The zero-order valence-corrected chi connectivity index (χ0v) is 26.0. The zero-order valence-electron chi connectivity index (χ0n) is 26.0. The van der Waals surface area contributed by atoms with E-state index in [1.165, 1.54) is 75.5 Å². The molecular formula is C35H41FN8O. The number of hydrogen-bond acceptors (Lipinski definition) is 9. The third-order valence-corrected chi connectivity index (χ3v) is 9.34. The van der Waals surface area contributed by atoms with Gasteiger partial charge in [0.15, 0.2) is 0 Å². The van der Waals surface area contributed by atoms with Crippen molar-refractivity contribution in [3.63, 3.8) is 0 Å². The van der Waals surface area contributed by atoms with E-state index in [9.17, 15) is 4.39 Å². The molecule has 4 heterocycles. The molecule has 3 aliphatic rings. The highest BCUT2D eigenvalue weighted by atomic mass is 19.1. The number of methoxy groups -OCH3 is 1. The number of benzene rings is 2. The minimum absolute atomic E-state index is 0.309. The summed E-state index contributed by atoms with van der Waals surface area (Å²) in [6.07, 6.45) is 8.03. The van der Waals surface area contributed by atoms with Crippen LogP contribution in [0.2, 0.25) is 0 Å². The van der Waals surface area contributed by atoms with Crippen molar-refractivity contribution in [1.82, 2.24) is 24.8 Å². The predicted molar refractivity (Wildman–Crippen MR) is 178 cm³/mol. The number of ether oxygens (including phenoxy) is 1. The summed E-state index contributed by atoms with van der Waals surface area (Å²) < 4.78 is 20.3. The van der Waals surface area contributed by atoms with E-state index in [1.807, 2.05) is 18.2 Å². The maximum Gasteiger partial charge on any atom is 0.144 e. The number of piperidine rings is 1. The fourth-order valence-electron chi connectivity index (χ4n) is 6.61. The number of aromatic nitrogens is 3. The number of hydrogen-bond donors (Lipinski definition) is 2. The summed E-state index contributed by atoms with van der Waals surface area (Å²) in [5.74, 6) is 2.33. The van der Waals surface area contributed by atoms with Gasteiger partial charge in [-0.25, -0.2) is 14.4 Å². The molecule has 10 heteroatoms. The van der Waals surface area contributed by atoms with Crippen LogP contribution in [0.1, 0.15) is 37.2 Å². The van der Waals surface area contributed by atoms with Crippen LogP contribution in [0.5, 0.6) is 5.75 Å². The van der Waals surface area contributed by atoms with Gasteiger partial charge in [0.2, 0.25) is 0 Å². The lowest BCUT2D eigenvalue weighted by molar-refractivity contribution is 0.0982. The second kappa shape index (κ2) is 13.0. The lowest BCUT2D eigenvalue weighted by Crippen LogP contribution is -2.52. The second-order valence-electron chi connectivity index (χ2n) is 12.4. The minimum Gasteiger partial charge on any atom is -0.494 e. The van der Waals surface area contributed by atoms with E-state index in [0.29, 0.717) is 34.9 Å². The van der Waals surface area contributed by atoms with Crippen molar-refractivity contribution in [2.24, 2.45) is 0 Å². The molecule has 9 nitrogen and oxygen atoms in total. The Morgan fingerprint density at radius 3 is 2.31 bits per heavy atom. The summed E-state index contributed by atoms with van der Waals surface area (Å²) in [6.45, 7) is 6.84. The number of pyridine rings is 1. The van der Waals surface area contributed by atoms with Gasteiger partial charge in [-0.2, -0.15) is 0 Å². The Kier molecular flexibility index (Phi) is 8.49. The number of nitrogens with zero attached hydrogens (tertiary/aromatic N) is 6. The molecule has 0 amide bonds. The Bertz CT molecular complexity index is 1630. The quantitative estimate of drug-likeness (QED) is 0.229. The fourth-order valence-corrected chi connectivity index (χ4v) is 6.61. The highest BCUT2D eigenvalue weighted by molar-refractivity contribution is 5.74.